The van der Waals surface area contributed by atoms with Crippen LogP contribution in [0.1, 0.15) is 41.6 Å². The standard InChI is InChI=1S/C30H25ClN4O7/c1-30(2)28(39)35(29(40)42-30)23(25(36)33-22-15-18(27(38)41-3)13-14-20(22)31)24-32-21-12-8-7-11-19(21)26(37)34(24)16-17-9-5-4-6-10-17/h4-15,23H,16H2,1-3H3,(H,33,36). The average molecular weight is 589 g/mol. The number of benzene rings is 3. The molecule has 11 nitrogen and oxygen atoms in total. The van der Waals surface area contributed by atoms with Crippen LogP contribution < -0.4 is 10.9 Å². The van der Waals surface area contributed by atoms with Crippen molar-refractivity contribution in [1.82, 2.24) is 14.5 Å². The highest BCUT2D eigenvalue weighted by molar-refractivity contribution is 6.34. The highest BCUT2D eigenvalue weighted by Crippen LogP contribution is 2.34. The normalized spacial score (nSPS) is 14.9. The molecule has 12 heteroatoms. The summed E-state index contributed by atoms with van der Waals surface area (Å²) in [4.78, 5) is 72.0. The fraction of sp³-hybridized carbons (Fsp3) is 0.200. The average Bonchev–Trinajstić information content (AvgIpc) is 3.17. The Hall–Kier alpha value is -5.03. The number of esters is 1. The fourth-order valence-corrected chi connectivity index (χ4v) is 4.80. The Kier molecular flexibility index (Phi) is 7.53. The molecule has 1 aromatic heterocycles. The second-order valence-corrected chi connectivity index (χ2v) is 10.4. The van der Waals surface area contributed by atoms with Crippen LogP contribution in [0.4, 0.5) is 10.5 Å². The number of anilines is 1. The number of imide groups is 1. The quantitative estimate of drug-likeness (QED) is 0.315. The Morgan fingerprint density at radius 3 is 2.38 bits per heavy atom. The van der Waals surface area contributed by atoms with Gasteiger partial charge in [0.15, 0.2) is 11.6 Å². The summed E-state index contributed by atoms with van der Waals surface area (Å²) < 4.78 is 11.3. The van der Waals surface area contributed by atoms with E-state index in [0.717, 1.165) is 0 Å². The molecule has 1 aliphatic heterocycles. The van der Waals surface area contributed by atoms with Crippen LogP contribution in [0.5, 0.6) is 0 Å². The van der Waals surface area contributed by atoms with E-state index in [1.165, 1.54) is 43.7 Å². The third kappa shape index (κ3) is 5.21. The topological polar surface area (TPSA) is 137 Å². The number of nitrogens with zero attached hydrogens (tertiary/aromatic N) is 3. The number of nitrogens with one attached hydrogen (secondary N) is 1. The van der Waals surface area contributed by atoms with Gasteiger partial charge in [-0.3, -0.25) is 19.0 Å². The van der Waals surface area contributed by atoms with Crippen molar-refractivity contribution in [2.24, 2.45) is 0 Å². The van der Waals surface area contributed by atoms with Gasteiger partial charge in [0.25, 0.3) is 17.4 Å². The van der Waals surface area contributed by atoms with Crippen LogP contribution in [0.2, 0.25) is 5.02 Å². The lowest BCUT2D eigenvalue weighted by Gasteiger charge is -2.26. The number of ether oxygens (including phenoxy) is 2. The van der Waals surface area contributed by atoms with Crippen LogP contribution in [-0.4, -0.2) is 51.0 Å². The summed E-state index contributed by atoms with van der Waals surface area (Å²) in [5.41, 5.74) is -1.00. The molecule has 0 aliphatic carbocycles. The van der Waals surface area contributed by atoms with Crippen LogP contribution in [0.25, 0.3) is 10.9 Å². The van der Waals surface area contributed by atoms with E-state index < -0.39 is 41.1 Å². The lowest BCUT2D eigenvalue weighted by molar-refractivity contribution is -0.139. The zero-order valence-corrected chi connectivity index (χ0v) is 23.5. The summed E-state index contributed by atoms with van der Waals surface area (Å²) in [5, 5.41) is 2.94. The van der Waals surface area contributed by atoms with Gasteiger partial charge >= 0.3 is 12.1 Å². The van der Waals surface area contributed by atoms with Crippen molar-refractivity contribution < 1.29 is 28.7 Å². The van der Waals surface area contributed by atoms with Gasteiger partial charge in [0.2, 0.25) is 0 Å². The number of aromatic nitrogens is 2. The minimum atomic E-state index is -1.76. The number of hydrogen-bond acceptors (Lipinski definition) is 8. The predicted octanol–water partition coefficient (Wildman–Crippen LogP) is 4.32. The largest absolute Gasteiger partial charge is 0.465 e. The van der Waals surface area contributed by atoms with Crippen molar-refractivity contribution in [2.75, 3.05) is 12.4 Å². The minimum absolute atomic E-state index is 0.00610. The van der Waals surface area contributed by atoms with Crippen LogP contribution in [0.15, 0.2) is 77.6 Å². The van der Waals surface area contributed by atoms with Gasteiger partial charge in [-0.15, -0.1) is 0 Å². The molecule has 1 fully saturated rings. The minimum Gasteiger partial charge on any atom is -0.465 e. The van der Waals surface area contributed by atoms with Gasteiger partial charge in [0, 0.05) is 0 Å². The molecular weight excluding hydrogens is 564 g/mol. The molecule has 0 bridgehead atoms. The summed E-state index contributed by atoms with van der Waals surface area (Å²) in [6, 6.07) is 17.8. The molecule has 0 radical (unpaired) electrons. The summed E-state index contributed by atoms with van der Waals surface area (Å²) in [7, 11) is 1.20. The molecule has 0 spiro atoms. The first-order chi connectivity index (χ1) is 20.0. The first-order valence-electron chi connectivity index (χ1n) is 12.8. The third-order valence-electron chi connectivity index (χ3n) is 6.74. The Bertz CT molecular complexity index is 1800. The highest BCUT2D eigenvalue weighted by atomic mass is 35.5. The van der Waals surface area contributed by atoms with Gasteiger partial charge in [-0.25, -0.2) is 19.5 Å². The fourth-order valence-electron chi connectivity index (χ4n) is 4.64. The molecule has 5 rings (SSSR count). The summed E-state index contributed by atoms with van der Waals surface area (Å²) in [5.74, 6) is -2.59. The zero-order chi connectivity index (χ0) is 30.2. The van der Waals surface area contributed by atoms with Gasteiger partial charge in [0.05, 0.1) is 40.8 Å². The summed E-state index contributed by atoms with van der Waals surface area (Å²) >= 11 is 6.33. The Morgan fingerprint density at radius 2 is 1.71 bits per heavy atom. The first-order valence-corrected chi connectivity index (χ1v) is 13.2. The van der Waals surface area contributed by atoms with Crippen LogP contribution in [0.3, 0.4) is 0 Å². The maximum atomic E-state index is 14.1. The van der Waals surface area contributed by atoms with E-state index in [0.29, 0.717) is 10.5 Å². The second kappa shape index (κ2) is 11.1. The van der Waals surface area contributed by atoms with E-state index >= 15 is 0 Å². The SMILES string of the molecule is COC(=O)c1ccc(Cl)c(NC(=O)C(c2nc3ccccc3c(=O)n2Cc2ccccc2)N2C(=O)OC(C)(C)C2=O)c1. The van der Waals surface area contributed by atoms with E-state index in [2.05, 4.69) is 10.3 Å². The molecule has 1 atom stereocenters. The van der Waals surface area contributed by atoms with Crippen molar-refractivity contribution in [3.63, 3.8) is 0 Å². The van der Waals surface area contributed by atoms with Crippen molar-refractivity contribution in [3.8, 4) is 0 Å². The van der Waals surface area contributed by atoms with E-state index in [-0.39, 0.29) is 39.5 Å². The maximum absolute atomic E-state index is 14.1. The Morgan fingerprint density at radius 1 is 1.02 bits per heavy atom. The Labute approximate surface area is 244 Å². The van der Waals surface area contributed by atoms with Gasteiger partial charge in [0.1, 0.15) is 5.82 Å². The van der Waals surface area contributed by atoms with Crippen LogP contribution >= 0.6 is 11.6 Å². The second-order valence-electron chi connectivity index (χ2n) is 10.00. The van der Waals surface area contributed by atoms with Crippen molar-refractivity contribution in [2.45, 2.75) is 32.0 Å². The maximum Gasteiger partial charge on any atom is 0.418 e. The van der Waals surface area contributed by atoms with E-state index in [4.69, 9.17) is 21.1 Å². The monoisotopic (exact) mass is 588 g/mol. The molecular formula is C30H25ClN4O7. The molecule has 1 unspecified atom stereocenters. The van der Waals surface area contributed by atoms with Gasteiger partial charge in [-0.2, -0.15) is 0 Å². The summed E-state index contributed by atoms with van der Waals surface area (Å²) in [6.45, 7) is 2.77. The smallest absolute Gasteiger partial charge is 0.418 e. The lowest BCUT2D eigenvalue weighted by Crippen LogP contribution is -2.46. The molecule has 1 aliphatic rings. The molecule has 0 saturated carbocycles. The number of carbonyl (C=O) groups excluding carboxylic acids is 4. The molecule has 2 heterocycles. The summed E-state index contributed by atoms with van der Waals surface area (Å²) in [6.07, 6.45) is -1.09. The molecule has 3 aromatic carbocycles. The molecule has 3 amide bonds. The van der Waals surface area contributed by atoms with Crippen LogP contribution in [-0.2, 0) is 25.6 Å². The number of hydrogen-bond donors (Lipinski definition) is 1. The highest BCUT2D eigenvalue weighted by Gasteiger charge is 2.53. The number of cyclic esters (lactones) is 1. The molecule has 1 N–H and O–H groups in total. The van der Waals surface area contributed by atoms with Crippen LogP contribution in [0, 0.1) is 0 Å². The third-order valence-corrected chi connectivity index (χ3v) is 7.07. The molecule has 214 valence electrons. The zero-order valence-electron chi connectivity index (χ0n) is 22.8. The van der Waals surface area contributed by atoms with Crippen molar-refractivity contribution in [1.29, 1.82) is 0 Å². The number of fused-ring (bicyclic) bond motifs is 1. The number of amides is 3. The number of methoxy groups -OCH3 is 1. The lowest BCUT2D eigenvalue weighted by atomic mass is 10.1. The van der Waals surface area contributed by atoms with E-state index in [1.54, 1.807) is 48.5 Å². The van der Waals surface area contributed by atoms with Crippen molar-refractivity contribution >= 4 is 52.1 Å². The predicted molar refractivity (Wildman–Crippen MR) is 153 cm³/mol. The number of halogens is 1. The first kappa shape index (κ1) is 28.5. The molecule has 1 saturated heterocycles. The molecule has 4 aromatic rings. The molecule has 42 heavy (non-hydrogen) atoms. The van der Waals surface area contributed by atoms with E-state index in [1.807, 2.05) is 6.07 Å². The van der Waals surface area contributed by atoms with Gasteiger partial charge in [-0.1, -0.05) is 54.1 Å². The Balaban J connectivity index is 1.72. The van der Waals surface area contributed by atoms with Crippen molar-refractivity contribution in [3.05, 3.63) is 105 Å². The van der Waals surface area contributed by atoms with E-state index in [9.17, 15) is 24.0 Å². The number of carbonyl (C=O) groups is 4. The number of rotatable bonds is 7. The number of para-hydroxylation sites is 1. The van der Waals surface area contributed by atoms with Gasteiger partial charge < -0.3 is 14.8 Å². The van der Waals surface area contributed by atoms with Gasteiger partial charge in [-0.05, 0) is 49.7 Å².